The lowest BCUT2D eigenvalue weighted by Crippen LogP contribution is -2.36. The van der Waals surface area contributed by atoms with Crippen LogP contribution in [-0.4, -0.2) is 28.0 Å². The van der Waals surface area contributed by atoms with Crippen LogP contribution >= 0.6 is 0 Å². The zero-order chi connectivity index (χ0) is 21.1. The van der Waals surface area contributed by atoms with Crippen molar-refractivity contribution < 1.29 is 4.79 Å². The number of aromatic nitrogens is 2. The summed E-state index contributed by atoms with van der Waals surface area (Å²) >= 11 is 0. The molecule has 29 heavy (non-hydrogen) atoms. The molecule has 0 saturated heterocycles. The van der Waals surface area contributed by atoms with Crippen LogP contribution in [0.5, 0.6) is 0 Å². The third-order valence-corrected chi connectivity index (χ3v) is 4.97. The molecule has 0 unspecified atom stereocenters. The number of carbonyl (C=O) groups is 1. The van der Waals surface area contributed by atoms with Crippen LogP contribution in [0.25, 0.3) is 11.0 Å². The lowest BCUT2D eigenvalue weighted by atomic mass is 10.1. The van der Waals surface area contributed by atoms with Gasteiger partial charge in [0.05, 0.1) is 11.0 Å². The minimum absolute atomic E-state index is 0.286. The standard InChI is InChI=1S/C22H26N4O3/c1-5-25(14(3)4)17-10-8-16(9-11-17)23-20(27)15-7-12-19-18(13-15)24-21(28)22(29)26(19)6-2/h7-14H,5-6H2,1-4H3,(H,23,27)(H,24,28). The van der Waals surface area contributed by atoms with Gasteiger partial charge < -0.3 is 19.8 Å². The number of anilines is 2. The Bertz CT molecular complexity index is 1140. The summed E-state index contributed by atoms with van der Waals surface area (Å²) in [7, 11) is 0. The Balaban J connectivity index is 1.86. The van der Waals surface area contributed by atoms with E-state index in [2.05, 4.69) is 36.0 Å². The number of hydrogen-bond donors (Lipinski definition) is 2. The van der Waals surface area contributed by atoms with E-state index < -0.39 is 11.1 Å². The number of nitrogens with one attached hydrogen (secondary N) is 2. The maximum atomic E-state index is 12.7. The van der Waals surface area contributed by atoms with Crippen molar-refractivity contribution >= 4 is 28.3 Å². The van der Waals surface area contributed by atoms with Crippen molar-refractivity contribution in [1.29, 1.82) is 0 Å². The van der Waals surface area contributed by atoms with Crippen LogP contribution in [0.4, 0.5) is 11.4 Å². The lowest BCUT2D eigenvalue weighted by molar-refractivity contribution is 0.102. The van der Waals surface area contributed by atoms with Crippen LogP contribution in [0, 0.1) is 0 Å². The minimum Gasteiger partial charge on any atom is -0.369 e. The molecule has 0 atom stereocenters. The van der Waals surface area contributed by atoms with Crippen molar-refractivity contribution in [2.75, 3.05) is 16.8 Å². The van der Waals surface area contributed by atoms with Gasteiger partial charge in [0.15, 0.2) is 0 Å². The molecule has 0 aliphatic heterocycles. The molecule has 7 nitrogen and oxygen atoms in total. The molecular weight excluding hydrogens is 368 g/mol. The van der Waals surface area contributed by atoms with Crippen LogP contribution in [0.15, 0.2) is 52.1 Å². The smallest absolute Gasteiger partial charge is 0.316 e. The van der Waals surface area contributed by atoms with Crippen LogP contribution in [0.1, 0.15) is 38.1 Å². The number of fused-ring (bicyclic) bond motifs is 1. The Labute approximate surface area is 169 Å². The number of amides is 1. The SMILES string of the molecule is CCN(c1ccc(NC(=O)c2ccc3c(c2)[nH]c(=O)c(=O)n3CC)cc1)C(C)C. The molecule has 1 heterocycles. The number of aromatic amines is 1. The first kappa shape index (κ1) is 20.4. The third kappa shape index (κ3) is 4.08. The van der Waals surface area contributed by atoms with Crippen molar-refractivity contribution in [3.8, 4) is 0 Å². The highest BCUT2D eigenvalue weighted by Crippen LogP contribution is 2.21. The summed E-state index contributed by atoms with van der Waals surface area (Å²) in [6.07, 6.45) is 0. The van der Waals surface area contributed by atoms with Gasteiger partial charge in [-0.25, -0.2) is 0 Å². The molecule has 0 saturated carbocycles. The first-order chi connectivity index (χ1) is 13.8. The summed E-state index contributed by atoms with van der Waals surface area (Å²) in [4.78, 5) is 41.3. The molecule has 7 heteroatoms. The van der Waals surface area contributed by atoms with Crippen LogP contribution in [0.2, 0.25) is 0 Å². The fourth-order valence-electron chi connectivity index (χ4n) is 3.52. The Morgan fingerprint density at radius 3 is 2.38 bits per heavy atom. The van der Waals surface area contributed by atoms with E-state index in [0.717, 1.165) is 12.2 Å². The van der Waals surface area contributed by atoms with Crippen molar-refractivity contribution in [2.45, 2.75) is 40.3 Å². The average Bonchev–Trinajstić information content (AvgIpc) is 2.70. The highest BCUT2D eigenvalue weighted by Gasteiger charge is 2.12. The molecule has 0 aliphatic carbocycles. The quantitative estimate of drug-likeness (QED) is 0.629. The van der Waals surface area contributed by atoms with Gasteiger partial charge in [0.2, 0.25) is 0 Å². The van der Waals surface area contributed by atoms with E-state index in [-0.39, 0.29) is 5.91 Å². The molecule has 0 fully saturated rings. The second-order valence-electron chi connectivity index (χ2n) is 7.12. The van der Waals surface area contributed by atoms with E-state index in [4.69, 9.17) is 0 Å². The van der Waals surface area contributed by atoms with Crippen molar-refractivity contribution in [2.24, 2.45) is 0 Å². The van der Waals surface area contributed by atoms with Gasteiger partial charge in [-0.3, -0.25) is 14.4 Å². The predicted molar refractivity (Wildman–Crippen MR) is 117 cm³/mol. The number of hydrogen-bond acceptors (Lipinski definition) is 4. The van der Waals surface area contributed by atoms with E-state index in [1.54, 1.807) is 25.1 Å². The molecular formula is C22H26N4O3. The van der Waals surface area contributed by atoms with Crippen molar-refractivity contribution in [3.63, 3.8) is 0 Å². The second-order valence-corrected chi connectivity index (χ2v) is 7.12. The van der Waals surface area contributed by atoms with Gasteiger partial charge in [-0.15, -0.1) is 0 Å². The maximum Gasteiger partial charge on any atom is 0.316 e. The minimum atomic E-state index is -0.696. The molecule has 0 spiro atoms. The number of benzene rings is 2. The zero-order valence-electron chi connectivity index (χ0n) is 17.2. The van der Waals surface area contributed by atoms with E-state index in [9.17, 15) is 14.4 Å². The number of nitrogens with zero attached hydrogens (tertiary/aromatic N) is 2. The maximum absolute atomic E-state index is 12.7. The fourth-order valence-corrected chi connectivity index (χ4v) is 3.52. The summed E-state index contributed by atoms with van der Waals surface area (Å²) in [5.74, 6) is -0.286. The molecule has 0 aliphatic rings. The molecule has 0 bridgehead atoms. The van der Waals surface area contributed by atoms with Gasteiger partial charge in [-0.1, -0.05) is 0 Å². The summed E-state index contributed by atoms with van der Waals surface area (Å²) < 4.78 is 1.39. The summed E-state index contributed by atoms with van der Waals surface area (Å²) in [6, 6.07) is 13.0. The van der Waals surface area contributed by atoms with E-state index in [1.165, 1.54) is 4.57 Å². The second kappa shape index (κ2) is 8.34. The molecule has 1 aromatic heterocycles. The van der Waals surface area contributed by atoms with Gasteiger partial charge in [-0.2, -0.15) is 0 Å². The van der Waals surface area contributed by atoms with Gasteiger partial charge in [0, 0.05) is 36.1 Å². The number of aryl methyl sites for hydroxylation is 1. The van der Waals surface area contributed by atoms with E-state index >= 15 is 0 Å². The van der Waals surface area contributed by atoms with Gasteiger partial charge >= 0.3 is 11.1 Å². The van der Waals surface area contributed by atoms with E-state index in [0.29, 0.717) is 34.9 Å². The first-order valence-electron chi connectivity index (χ1n) is 9.80. The average molecular weight is 394 g/mol. The first-order valence-corrected chi connectivity index (χ1v) is 9.80. The molecule has 3 rings (SSSR count). The topological polar surface area (TPSA) is 87.2 Å². The van der Waals surface area contributed by atoms with Gasteiger partial charge in [0.25, 0.3) is 5.91 Å². The van der Waals surface area contributed by atoms with Crippen molar-refractivity contribution in [3.05, 3.63) is 68.7 Å². The highest BCUT2D eigenvalue weighted by molar-refractivity contribution is 6.05. The van der Waals surface area contributed by atoms with Crippen LogP contribution < -0.4 is 21.3 Å². The molecule has 152 valence electrons. The summed E-state index contributed by atoms with van der Waals surface area (Å²) in [5, 5.41) is 2.87. The van der Waals surface area contributed by atoms with Crippen LogP contribution in [-0.2, 0) is 6.54 Å². The molecule has 3 aromatic rings. The molecule has 0 radical (unpaired) electrons. The predicted octanol–water partition coefficient (Wildman–Crippen LogP) is 3.20. The Kier molecular flexibility index (Phi) is 5.87. The number of carbonyl (C=O) groups excluding carboxylic acids is 1. The monoisotopic (exact) mass is 394 g/mol. The fraction of sp³-hybridized carbons (Fsp3) is 0.318. The largest absolute Gasteiger partial charge is 0.369 e. The zero-order valence-corrected chi connectivity index (χ0v) is 17.2. The Morgan fingerprint density at radius 1 is 1.10 bits per heavy atom. The summed E-state index contributed by atoms with van der Waals surface area (Å²) in [6.45, 7) is 9.47. The third-order valence-electron chi connectivity index (χ3n) is 4.97. The number of H-pyrrole nitrogens is 1. The van der Waals surface area contributed by atoms with Crippen LogP contribution in [0.3, 0.4) is 0 Å². The molecule has 1 amide bonds. The molecule has 2 aromatic carbocycles. The summed E-state index contributed by atoms with van der Waals surface area (Å²) in [5.41, 5.74) is 1.93. The van der Waals surface area contributed by atoms with Crippen molar-refractivity contribution in [1.82, 2.24) is 9.55 Å². The number of rotatable bonds is 6. The highest BCUT2D eigenvalue weighted by atomic mass is 16.2. The van der Waals surface area contributed by atoms with Gasteiger partial charge in [-0.05, 0) is 70.2 Å². The lowest BCUT2D eigenvalue weighted by Gasteiger charge is -2.27. The Hall–Kier alpha value is -3.35. The normalized spacial score (nSPS) is 11.1. The molecule has 2 N–H and O–H groups in total. The van der Waals surface area contributed by atoms with E-state index in [1.807, 2.05) is 24.3 Å². The Morgan fingerprint density at radius 2 is 1.79 bits per heavy atom. The van der Waals surface area contributed by atoms with Gasteiger partial charge in [0.1, 0.15) is 0 Å².